The molecule has 0 aromatic carbocycles. The first-order valence-corrected chi connectivity index (χ1v) is 5.24. The van der Waals surface area contributed by atoms with Crippen molar-refractivity contribution < 1.29 is 4.52 Å². The van der Waals surface area contributed by atoms with Crippen LogP contribution in [-0.4, -0.2) is 17.2 Å². The van der Waals surface area contributed by atoms with Crippen molar-refractivity contribution in [1.29, 1.82) is 0 Å². The molecule has 0 aliphatic rings. The Balaban J connectivity index is 2.26. The van der Waals surface area contributed by atoms with E-state index in [1.54, 1.807) is 11.3 Å². The third kappa shape index (κ3) is 1.69. The summed E-state index contributed by atoms with van der Waals surface area (Å²) in [6.07, 6.45) is 0. The van der Waals surface area contributed by atoms with E-state index in [0.717, 1.165) is 4.88 Å². The van der Waals surface area contributed by atoms with Crippen molar-refractivity contribution in [1.82, 2.24) is 15.5 Å². The molecular formula is C9H11N3OS. The molecule has 1 N–H and O–H groups in total. The highest BCUT2D eigenvalue weighted by atomic mass is 32.1. The molecule has 0 amide bonds. The standard InChI is InChI=1S/C9H11N3OS/c1-6(10-2)8-11-9(13-12-8)7-4-3-5-14-7/h3-6,10H,1-2H3. The van der Waals surface area contributed by atoms with Gasteiger partial charge in [-0.2, -0.15) is 4.98 Å². The summed E-state index contributed by atoms with van der Waals surface area (Å²) in [6, 6.07) is 4.05. The fourth-order valence-electron chi connectivity index (χ4n) is 1.04. The van der Waals surface area contributed by atoms with Crippen LogP contribution in [0.3, 0.4) is 0 Å². The third-order valence-corrected chi connectivity index (χ3v) is 2.85. The van der Waals surface area contributed by atoms with Gasteiger partial charge in [-0.3, -0.25) is 0 Å². The van der Waals surface area contributed by atoms with Crippen molar-refractivity contribution in [2.24, 2.45) is 0 Å². The molecule has 14 heavy (non-hydrogen) atoms. The normalized spacial score (nSPS) is 13.0. The molecule has 0 bridgehead atoms. The van der Waals surface area contributed by atoms with Crippen LogP contribution in [0.5, 0.6) is 0 Å². The number of hydrogen-bond donors (Lipinski definition) is 1. The second kappa shape index (κ2) is 3.89. The van der Waals surface area contributed by atoms with E-state index in [4.69, 9.17) is 4.52 Å². The maximum Gasteiger partial charge on any atom is 0.268 e. The lowest BCUT2D eigenvalue weighted by Gasteiger charge is -2.01. The largest absolute Gasteiger partial charge is 0.333 e. The number of thiophene rings is 1. The lowest BCUT2D eigenvalue weighted by atomic mass is 10.3. The lowest BCUT2D eigenvalue weighted by molar-refractivity contribution is 0.414. The molecule has 0 saturated carbocycles. The summed E-state index contributed by atoms with van der Waals surface area (Å²) in [5, 5.41) is 8.95. The van der Waals surface area contributed by atoms with Crippen LogP contribution < -0.4 is 5.32 Å². The summed E-state index contributed by atoms with van der Waals surface area (Å²) < 4.78 is 5.14. The smallest absolute Gasteiger partial charge is 0.268 e. The minimum Gasteiger partial charge on any atom is -0.333 e. The minimum atomic E-state index is 0.118. The number of rotatable bonds is 3. The maximum absolute atomic E-state index is 5.14. The van der Waals surface area contributed by atoms with Crippen LogP contribution in [0.2, 0.25) is 0 Å². The van der Waals surface area contributed by atoms with Gasteiger partial charge < -0.3 is 9.84 Å². The van der Waals surface area contributed by atoms with Crippen LogP contribution in [0.1, 0.15) is 18.8 Å². The van der Waals surface area contributed by atoms with E-state index in [0.29, 0.717) is 11.7 Å². The Hall–Kier alpha value is -1.20. The van der Waals surface area contributed by atoms with Crippen molar-refractivity contribution in [3.63, 3.8) is 0 Å². The van der Waals surface area contributed by atoms with Gasteiger partial charge in [-0.15, -0.1) is 11.3 Å². The molecule has 0 aliphatic heterocycles. The van der Waals surface area contributed by atoms with Gasteiger partial charge in [0.25, 0.3) is 5.89 Å². The SMILES string of the molecule is CNC(C)c1noc(-c2cccs2)n1. The van der Waals surface area contributed by atoms with Crippen LogP contribution in [0.25, 0.3) is 10.8 Å². The van der Waals surface area contributed by atoms with E-state index in [-0.39, 0.29) is 6.04 Å². The Morgan fingerprint density at radius 2 is 2.43 bits per heavy atom. The highest BCUT2D eigenvalue weighted by molar-refractivity contribution is 7.13. The first-order chi connectivity index (χ1) is 6.81. The minimum absolute atomic E-state index is 0.118. The van der Waals surface area contributed by atoms with Crippen molar-refractivity contribution in [2.45, 2.75) is 13.0 Å². The van der Waals surface area contributed by atoms with Gasteiger partial charge in [0.2, 0.25) is 0 Å². The monoisotopic (exact) mass is 209 g/mol. The van der Waals surface area contributed by atoms with Crippen molar-refractivity contribution >= 4 is 11.3 Å². The molecule has 0 radical (unpaired) electrons. The summed E-state index contributed by atoms with van der Waals surface area (Å²) in [5.74, 6) is 1.29. The van der Waals surface area contributed by atoms with Gasteiger partial charge in [-0.1, -0.05) is 11.2 Å². The van der Waals surface area contributed by atoms with Crippen LogP contribution in [0.4, 0.5) is 0 Å². The second-order valence-electron chi connectivity index (χ2n) is 2.95. The van der Waals surface area contributed by atoms with Gasteiger partial charge in [0.15, 0.2) is 5.82 Å². The van der Waals surface area contributed by atoms with Gasteiger partial charge >= 0.3 is 0 Å². The topological polar surface area (TPSA) is 51.0 Å². The van der Waals surface area contributed by atoms with E-state index < -0.39 is 0 Å². The van der Waals surface area contributed by atoms with Crippen LogP contribution >= 0.6 is 11.3 Å². The molecule has 2 rings (SSSR count). The Morgan fingerprint density at radius 3 is 3.07 bits per heavy atom. The van der Waals surface area contributed by atoms with Crippen LogP contribution in [0.15, 0.2) is 22.0 Å². The number of aromatic nitrogens is 2. The summed E-state index contributed by atoms with van der Waals surface area (Å²) in [7, 11) is 1.87. The van der Waals surface area contributed by atoms with E-state index in [1.807, 2.05) is 31.5 Å². The third-order valence-electron chi connectivity index (χ3n) is 1.99. The Morgan fingerprint density at radius 1 is 1.57 bits per heavy atom. The Labute approximate surface area is 86.0 Å². The highest BCUT2D eigenvalue weighted by Gasteiger charge is 2.13. The number of hydrogen-bond acceptors (Lipinski definition) is 5. The molecular weight excluding hydrogens is 198 g/mol. The van der Waals surface area contributed by atoms with E-state index in [1.165, 1.54) is 0 Å². The zero-order chi connectivity index (χ0) is 9.97. The van der Waals surface area contributed by atoms with Crippen molar-refractivity contribution in [2.75, 3.05) is 7.05 Å². The summed E-state index contributed by atoms with van der Waals surface area (Å²) in [5.41, 5.74) is 0. The molecule has 74 valence electrons. The molecule has 0 spiro atoms. The predicted octanol–water partition coefficient (Wildman–Crippen LogP) is 2.08. The fraction of sp³-hybridized carbons (Fsp3) is 0.333. The molecule has 0 saturated heterocycles. The van der Waals surface area contributed by atoms with Crippen LogP contribution in [0, 0.1) is 0 Å². The maximum atomic E-state index is 5.14. The van der Waals surface area contributed by atoms with Gasteiger partial charge in [0, 0.05) is 0 Å². The fourth-order valence-corrected chi connectivity index (χ4v) is 1.68. The zero-order valence-electron chi connectivity index (χ0n) is 8.02. The predicted molar refractivity (Wildman–Crippen MR) is 55.1 cm³/mol. The zero-order valence-corrected chi connectivity index (χ0v) is 8.84. The Bertz CT molecular complexity index is 396. The average Bonchev–Trinajstić information content (AvgIpc) is 2.86. The van der Waals surface area contributed by atoms with E-state index >= 15 is 0 Å². The summed E-state index contributed by atoms with van der Waals surface area (Å²) in [4.78, 5) is 5.30. The van der Waals surface area contributed by atoms with Crippen molar-refractivity contribution in [3.05, 3.63) is 23.3 Å². The first-order valence-electron chi connectivity index (χ1n) is 4.36. The quantitative estimate of drug-likeness (QED) is 0.840. The van der Waals surface area contributed by atoms with Gasteiger partial charge in [-0.25, -0.2) is 0 Å². The van der Waals surface area contributed by atoms with E-state index in [2.05, 4.69) is 15.5 Å². The molecule has 0 aliphatic carbocycles. The molecule has 1 unspecified atom stereocenters. The summed E-state index contributed by atoms with van der Waals surface area (Å²) in [6.45, 7) is 1.99. The number of nitrogens with zero attached hydrogens (tertiary/aromatic N) is 2. The number of nitrogens with one attached hydrogen (secondary N) is 1. The molecule has 0 fully saturated rings. The van der Waals surface area contributed by atoms with Crippen LogP contribution in [-0.2, 0) is 0 Å². The molecule has 4 nitrogen and oxygen atoms in total. The van der Waals surface area contributed by atoms with Gasteiger partial charge in [0.1, 0.15) is 0 Å². The summed E-state index contributed by atoms with van der Waals surface area (Å²) >= 11 is 1.59. The van der Waals surface area contributed by atoms with Gasteiger partial charge in [-0.05, 0) is 25.4 Å². The molecule has 2 aromatic rings. The van der Waals surface area contributed by atoms with E-state index in [9.17, 15) is 0 Å². The molecule has 1 atom stereocenters. The Kier molecular flexibility index (Phi) is 2.60. The highest BCUT2D eigenvalue weighted by Crippen LogP contribution is 2.23. The molecule has 2 heterocycles. The average molecular weight is 209 g/mol. The molecule has 5 heteroatoms. The van der Waals surface area contributed by atoms with Crippen molar-refractivity contribution in [3.8, 4) is 10.8 Å². The second-order valence-corrected chi connectivity index (χ2v) is 3.89. The first kappa shape index (κ1) is 9.36. The lowest BCUT2D eigenvalue weighted by Crippen LogP contribution is -2.13. The van der Waals surface area contributed by atoms with Gasteiger partial charge in [0.05, 0.1) is 10.9 Å². The molecule has 2 aromatic heterocycles.